The summed E-state index contributed by atoms with van der Waals surface area (Å²) in [6.07, 6.45) is 3.76. The molecule has 1 aromatic carbocycles. The monoisotopic (exact) mass is 198 g/mol. The van der Waals surface area contributed by atoms with Crippen molar-refractivity contribution in [1.82, 2.24) is 4.98 Å². The van der Waals surface area contributed by atoms with Gasteiger partial charge in [-0.05, 0) is 18.1 Å². The second kappa shape index (κ2) is 4.13. The summed E-state index contributed by atoms with van der Waals surface area (Å²) in [6.45, 7) is 2.11. The van der Waals surface area contributed by atoms with Crippen LogP contribution in [0.2, 0.25) is 0 Å². The second-order valence-corrected chi connectivity index (χ2v) is 3.48. The molecule has 1 heterocycles. The predicted molar refractivity (Wildman–Crippen MR) is 64.0 cm³/mol. The summed E-state index contributed by atoms with van der Waals surface area (Å²) in [6, 6.07) is 10.3. The van der Waals surface area contributed by atoms with Crippen LogP contribution in [-0.4, -0.2) is 12.0 Å². The third kappa shape index (κ3) is 1.84. The number of nitrogens with one attached hydrogen (secondary N) is 1. The highest BCUT2D eigenvalue weighted by atomic mass is 14.8. The van der Waals surface area contributed by atoms with Crippen molar-refractivity contribution >= 4 is 5.69 Å². The quantitative estimate of drug-likeness (QED) is 0.802. The van der Waals surface area contributed by atoms with Crippen molar-refractivity contribution in [3.05, 3.63) is 48.3 Å². The zero-order valence-corrected chi connectivity index (χ0v) is 8.99. The Labute approximate surface area is 90.0 Å². The molecule has 0 unspecified atom stereocenters. The molecule has 1 aromatic heterocycles. The molecule has 0 spiro atoms. The van der Waals surface area contributed by atoms with E-state index in [0.29, 0.717) is 0 Å². The molecule has 0 amide bonds. The van der Waals surface area contributed by atoms with Gasteiger partial charge in [-0.25, -0.2) is 0 Å². The van der Waals surface area contributed by atoms with Gasteiger partial charge >= 0.3 is 0 Å². The largest absolute Gasteiger partial charge is 0.387 e. The van der Waals surface area contributed by atoms with Crippen LogP contribution < -0.4 is 5.32 Å². The maximum absolute atomic E-state index is 4.23. The van der Waals surface area contributed by atoms with E-state index in [1.54, 1.807) is 0 Å². The van der Waals surface area contributed by atoms with E-state index in [1.165, 1.54) is 16.7 Å². The third-order valence-electron chi connectivity index (χ3n) is 2.57. The number of anilines is 1. The van der Waals surface area contributed by atoms with E-state index in [-0.39, 0.29) is 0 Å². The van der Waals surface area contributed by atoms with Crippen LogP contribution in [0.15, 0.2) is 42.7 Å². The Morgan fingerprint density at radius 2 is 1.80 bits per heavy atom. The van der Waals surface area contributed by atoms with E-state index in [4.69, 9.17) is 0 Å². The fourth-order valence-electron chi connectivity index (χ4n) is 1.69. The normalized spacial score (nSPS) is 10.0. The number of pyridine rings is 1. The summed E-state index contributed by atoms with van der Waals surface area (Å²) in [5.41, 5.74) is 4.71. The zero-order chi connectivity index (χ0) is 10.7. The standard InChI is InChI=1S/C13H14N2/c1-10-12(8-15-9-13(10)14-2)11-6-4-3-5-7-11/h3-9,14H,1-2H3. The smallest absolute Gasteiger partial charge is 0.0560 e. The Morgan fingerprint density at radius 1 is 1.07 bits per heavy atom. The number of hydrogen-bond acceptors (Lipinski definition) is 2. The van der Waals surface area contributed by atoms with Gasteiger partial charge in [0.25, 0.3) is 0 Å². The average molecular weight is 198 g/mol. The summed E-state index contributed by atoms with van der Waals surface area (Å²) in [5, 5.41) is 3.14. The van der Waals surface area contributed by atoms with E-state index >= 15 is 0 Å². The third-order valence-corrected chi connectivity index (χ3v) is 2.57. The van der Waals surface area contributed by atoms with Gasteiger partial charge in [-0.3, -0.25) is 4.98 Å². The summed E-state index contributed by atoms with van der Waals surface area (Å²) >= 11 is 0. The number of rotatable bonds is 2. The van der Waals surface area contributed by atoms with Crippen LogP contribution in [-0.2, 0) is 0 Å². The molecule has 0 saturated heterocycles. The molecule has 76 valence electrons. The highest BCUT2D eigenvalue weighted by molar-refractivity contribution is 5.71. The molecule has 2 rings (SSSR count). The Bertz CT molecular complexity index is 449. The van der Waals surface area contributed by atoms with Crippen molar-refractivity contribution in [3.8, 4) is 11.1 Å². The van der Waals surface area contributed by atoms with E-state index in [1.807, 2.05) is 37.6 Å². The molecule has 0 aliphatic carbocycles. The summed E-state index contributed by atoms with van der Waals surface area (Å²) < 4.78 is 0. The van der Waals surface area contributed by atoms with Gasteiger partial charge in [0, 0.05) is 18.8 Å². The SMILES string of the molecule is CNc1cncc(-c2ccccc2)c1C. The highest BCUT2D eigenvalue weighted by Gasteiger charge is 2.04. The van der Waals surface area contributed by atoms with Gasteiger partial charge in [-0.2, -0.15) is 0 Å². The fourth-order valence-corrected chi connectivity index (χ4v) is 1.69. The molecule has 0 saturated carbocycles. The minimum atomic E-state index is 1.08. The van der Waals surface area contributed by atoms with Crippen LogP contribution in [0.25, 0.3) is 11.1 Å². The van der Waals surface area contributed by atoms with Gasteiger partial charge in [0.1, 0.15) is 0 Å². The van der Waals surface area contributed by atoms with Crippen molar-refractivity contribution < 1.29 is 0 Å². The van der Waals surface area contributed by atoms with Crippen molar-refractivity contribution in [2.24, 2.45) is 0 Å². The van der Waals surface area contributed by atoms with Crippen LogP contribution in [0, 0.1) is 6.92 Å². The Balaban J connectivity index is 2.54. The minimum Gasteiger partial charge on any atom is -0.387 e. The molecule has 2 nitrogen and oxygen atoms in total. The van der Waals surface area contributed by atoms with E-state index in [0.717, 1.165) is 5.69 Å². The highest BCUT2D eigenvalue weighted by Crippen LogP contribution is 2.26. The number of nitrogens with zero attached hydrogens (tertiary/aromatic N) is 1. The van der Waals surface area contributed by atoms with Crippen LogP contribution in [0.3, 0.4) is 0 Å². The molecule has 1 N–H and O–H groups in total. The summed E-state index contributed by atoms with van der Waals surface area (Å²) in [5.74, 6) is 0. The van der Waals surface area contributed by atoms with Gasteiger partial charge in [-0.15, -0.1) is 0 Å². The van der Waals surface area contributed by atoms with Crippen LogP contribution in [0.5, 0.6) is 0 Å². The van der Waals surface area contributed by atoms with Crippen molar-refractivity contribution in [3.63, 3.8) is 0 Å². The molecular weight excluding hydrogens is 184 g/mol. The van der Waals surface area contributed by atoms with Gasteiger partial charge < -0.3 is 5.32 Å². The molecule has 0 bridgehead atoms. The van der Waals surface area contributed by atoms with E-state index < -0.39 is 0 Å². The molecule has 0 aliphatic heterocycles. The molecule has 15 heavy (non-hydrogen) atoms. The van der Waals surface area contributed by atoms with E-state index in [2.05, 4.69) is 29.4 Å². The number of hydrogen-bond donors (Lipinski definition) is 1. The van der Waals surface area contributed by atoms with Crippen molar-refractivity contribution in [2.45, 2.75) is 6.92 Å². The first kappa shape index (κ1) is 9.71. The summed E-state index contributed by atoms with van der Waals surface area (Å²) in [4.78, 5) is 4.23. The topological polar surface area (TPSA) is 24.9 Å². The van der Waals surface area contributed by atoms with Gasteiger partial charge in [0.15, 0.2) is 0 Å². The fraction of sp³-hybridized carbons (Fsp3) is 0.154. The van der Waals surface area contributed by atoms with E-state index in [9.17, 15) is 0 Å². The lowest BCUT2D eigenvalue weighted by atomic mass is 10.0. The predicted octanol–water partition coefficient (Wildman–Crippen LogP) is 3.10. The minimum absolute atomic E-state index is 1.08. The van der Waals surface area contributed by atoms with Crippen LogP contribution >= 0.6 is 0 Å². The molecule has 0 radical (unpaired) electrons. The lowest BCUT2D eigenvalue weighted by Crippen LogP contribution is -1.95. The maximum atomic E-state index is 4.23. The van der Waals surface area contributed by atoms with Gasteiger partial charge in [0.2, 0.25) is 0 Å². The molecular formula is C13H14N2. The van der Waals surface area contributed by atoms with Crippen LogP contribution in [0.4, 0.5) is 5.69 Å². The lowest BCUT2D eigenvalue weighted by Gasteiger charge is -2.09. The second-order valence-electron chi connectivity index (χ2n) is 3.48. The average Bonchev–Trinajstić information content (AvgIpc) is 2.30. The number of aromatic nitrogens is 1. The molecule has 2 heteroatoms. The Hall–Kier alpha value is -1.83. The Kier molecular flexibility index (Phi) is 2.68. The van der Waals surface area contributed by atoms with Gasteiger partial charge in [-0.1, -0.05) is 30.3 Å². The summed E-state index contributed by atoms with van der Waals surface area (Å²) in [7, 11) is 1.92. The Morgan fingerprint density at radius 3 is 2.47 bits per heavy atom. The lowest BCUT2D eigenvalue weighted by molar-refractivity contribution is 1.27. The molecule has 2 aromatic rings. The molecule has 0 aliphatic rings. The van der Waals surface area contributed by atoms with Crippen LogP contribution in [0.1, 0.15) is 5.56 Å². The van der Waals surface area contributed by atoms with Crippen molar-refractivity contribution in [1.29, 1.82) is 0 Å². The first-order valence-electron chi connectivity index (χ1n) is 5.00. The molecule has 0 fully saturated rings. The maximum Gasteiger partial charge on any atom is 0.0560 e. The number of benzene rings is 1. The van der Waals surface area contributed by atoms with Gasteiger partial charge in [0.05, 0.1) is 11.9 Å². The first-order chi connectivity index (χ1) is 7.33. The zero-order valence-electron chi connectivity index (χ0n) is 8.99. The van der Waals surface area contributed by atoms with Crippen molar-refractivity contribution in [2.75, 3.05) is 12.4 Å². The first-order valence-corrected chi connectivity index (χ1v) is 5.00. The molecule has 0 atom stereocenters.